The van der Waals surface area contributed by atoms with Crippen molar-refractivity contribution in [1.29, 1.82) is 0 Å². The lowest BCUT2D eigenvalue weighted by Gasteiger charge is -2.12. The summed E-state index contributed by atoms with van der Waals surface area (Å²) in [5.41, 5.74) is 1.35. The lowest BCUT2D eigenvalue weighted by Crippen LogP contribution is -2.22. The zero-order chi connectivity index (χ0) is 23.1. The predicted molar refractivity (Wildman–Crippen MR) is 119 cm³/mol. The number of sulfonamides is 1. The lowest BCUT2D eigenvalue weighted by atomic mass is 10.2. The largest absolute Gasteiger partial charge is 0.461 e. The van der Waals surface area contributed by atoms with Crippen molar-refractivity contribution in [3.8, 4) is 11.3 Å². The Morgan fingerprint density at radius 3 is 2.31 bits per heavy atom. The SMILES string of the molecule is CN(C)S(=O)(=O)c1ccc(NC(=O)COC(=O)CCc2ccc(-c3ccccc3)o2)cc1. The molecule has 168 valence electrons. The van der Waals surface area contributed by atoms with Gasteiger partial charge in [-0.25, -0.2) is 12.7 Å². The van der Waals surface area contributed by atoms with Gasteiger partial charge in [-0.3, -0.25) is 9.59 Å². The molecule has 32 heavy (non-hydrogen) atoms. The zero-order valence-electron chi connectivity index (χ0n) is 17.8. The molecule has 1 aromatic heterocycles. The molecule has 0 atom stereocenters. The number of furan rings is 1. The van der Waals surface area contributed by atoms with Crippen LogP contribution in [0.5, 0.6) is 0 Å². The topological polar surface area (TPSA) is 106 Å². The first kappa shape index (κ1) is 23.2. The number of carbonyl (C=O) groups is 2. The molecule has 8 nitrogen and oxygen atoms in total. The molecule has 0 aliphatic carbocycles. The molecule has 3 aromatic rings. The number of rotatable bonds is 9. The number of benzene rings is 2. The zero-order valence-corrected chi connectivity index (χ0v) is 18.6. The van der Waals surface area contributed by atoms with E-state index in [0.29, 0.717) is 17.9 Å². The first-order chi connectivity index (χ1) is 15.3. The lowest BCUT2D eigenvalue weighted by molar-refractivity contribution is -0.147. The molecule has 0 spiro atoms. The van der Waals surface area contributed by atoms with Crippen molar-refractivity contribution in [2.75, 3.05) is 26.0 Å². The van der Waals surface area contributed by atoms with Crippen molar-refractivity contribution in [2.24, 2.45) is 0 Å². The smallest absolute Gasteiger partial charge is 0.306 e. The van der Waals surface area contributed by atoms with Crippen LogP contribution in [0.15, 0.2) is 76.0 Å². The maximum atomic E-state index is 12.1. The van der Waals surface area contributed by atoms with E-state index in [4.69, 9.17) is 9.15 Å². The Bertz CT molecular complexity index is 1170. The van der Waals surface area contributed by atoms with Gasteiger partial charge in [-0.2, -0.15) is 0 Å². The van der Waals surface area contributed by atoms with Crippen molar-refractivity contribution in [3.05, 3.63) is 72.5 Å². The fourth-order valence-electron chi connectivity index (χ4n) is 2.83. The number of hydrogen-bond donors (Lipinski definition) is 1. The maximum absolute atomic E-state index is 12.1. The first-order valence-corrected chi connectivity index (χ1v) is 11.3. The van der Waals surface area contributed by atoms with Crippen LogP contribution in [-0.2, 0) is 30.8 Å². The van der Waals surface area contributed by atoms with Gasteiger partial charge in [0.1, 0.15) is 11.5 Å². The van der Waals surface area contributed by atoms with Crippen LogP contribution in [-0.4, -0.2) is 45.3 Å². The van der Waals surface area contributed by atoms with Gasteiger partial charge in [-0.05, 0) is 36.4 Å². The van der Waals surface area contributed by atoms with E-state index in [1.165, 1.54) is 38.4 Å². The summed E-state index contributed by atoms with van der Waals surface area (Å²) in [6.45, 7) is -0.440. The summed E-state index contributed by atoms with van der Waals surface area (Å²) in [7, 11) is -0.668. The van der Waals surface area contributed by atoms with Crippen LogP contribution in [0.25, 0.3) is 11.3 Å². The Labute approximate surface area is 186 Å². The van der Waals surface area contributed by atoms with E-state index in [9.17, 15) is 18.0 Å². The van der Waals surface area contributed by atoms with Crippen molar-refractivity contribution < 1.29 is 27.2 Å². The van der Waals surface area contributed by atoms with Gasteiger partial charge < -0.3 is 14.5 Å². The molecule has 0 saturated carbocycles. The summed E-state index contributed by atoms with van der Waals surface area (Å²) < 4.78 is 36.0. The second-order valence-electron chi connectivity index (χ2n) is 7.15. The van der Waals surface area contributed by atoms with Crippen LogP contribution in [0.2, 0.25) is 0 Å². The van der Waals surface area contributed by atoms with E-state index in [-0.39, 0.29) is 11.3 Å². The molecule has 0 aliphatic heterocycles. The van der Waals surface area contributed by atoms with Crippen LogP contribution in [0, 0.1) is 0 Å². The fourth-order valence-corrected chi connectivity index (χ4v) is 3.73. The van der Waals surface area contributed by atoms with Gasteiger partial charge in [-0.1, -0.05) is 30.3 Å². The number of aryl methyl sites for hydroxylation is 1. The van der Waals surface area contributed by atoms with Crippen LogP contribution in [0.1, 0.15) is 12.2 Å². The summed E-state index contributed by atoms with van der Waals surface area (Å²) in [6.07, 6.45) is 0.432. The highest BCUT2D eigenvalue weighted by molar-refractivity contribution is 7.89. The molecular formula is C23H24N2O6S. The molecule has 0 unspecified atom stereocenters. The van der Waals surface area contributed by atoms with Crippen LogP contribution >= 0.6 is 0 Å². The third kappa shape index (κ3) is 6.05. The summed E-state index contributed by atoms with van der Waals surface area (Å²) in [5, 5.41) is 2.56. The Morgan fingerprint density at radius 1 is 0.969 bits per heavy atom. The van der Waals surface area contributed by atoms with E-state index in [0.717, 1.165) is 15.6 Å². The molecule has 9 heteroatoms. The highest BCUT2D eigenvalue weighted by atomic mass is 32.2. The number of nitrogens with zero attached hydrogens (tertiary/aromatic N) is 1. The molecule has 1 heterocycles. The molecule has 3 rings (SSSR count). The quantitative estimate of drug-likeness (QED) is 0.495. The van der Waals surface area contributed by atoms with E-state index >= 15 is 0 Å². The number of esters is 1. The highest BCUT2D eigenvalue weighted by Crippen LogP contribution is 2.22. The van der Waals surface area contributed by atoms with Gasteiger partial charge in [-0.15, -0.1) is 0 Å². The normalized spacial score (nSPS) is 11.3. The number of carbonyl (C=O) groups excluding carboxylic acids is 2. The molecule has 1 amide bonds. The second kappa shape index (κ2) is 10.3. The van der Waals surface area contributed by atoms with Gasteiger partial charge in [0.2, 0.25) is 10.0 Å². The number of hydrogen-bond acceptors (Lipinski definition) is 6. The molecular weight excluding hydrogens is 432 g/mol. The van der Waals surface area contributed by atoms with E-state index in [1.807, 2.05) is 42.5 Å². The molecule has 0 saturated heterocycles. The summed E-state index contributed by atoms with van der Waals surface area (Å²) >= 11 is 0. The molecule has 0 bridgehead atoms. The van der Waals surface area contributed by atoms with Crippen molar-refractivity contribution in [3.63, 3.8) is 0 Å². The van der Waals surface area contributed by atoms with Gasteiger partial charge in [0.05, 0.1) is 11.3 Å². The Morgan fingerprint density at radius 2 is 1.66 bits per heavy atom. The predicted octanol–water partition coefficient (Wildman–Crippen LogP) is 3.31. The summed E-state index contributed by atoms with van der Waals surface area (Å²) in [6, 6.07) is 19.0. The maximum Gasteiger partial charge on any atom is 0.306 e. The van der Waals surface area contributed by atoms with Crippen LogP contribution in [0.3, 0.4) is 0 Å². The average Bonchev–Trinajstić information content (AvgIpc) is 3.26. The van der Waals surface area contributed by atoms with E-state index in [2.05, 4.69) is 5.32 Å². The van der Waals surface area contributed by atoms with Crippen molar-refractivity contribution in [1.82, 2.24) is 4.31 Å². The van der Waals surface area contributed by atoms with Gasteiger partial charge in [0.15, 0.2) is 6.61 Å². The fraction of sp³-hybridized carbons (Fsp3) is 0.217. The third-order valence-corrected chi connectivity index (χ3v) is 6.41. The van der Waals surface area contributed by atoms with Gasteiger partial charge in [0.25, 0.3) is 5.91 Å². The summed E-state index contributed by atoms with van der Waals surface area (Å²) in [4.78, 5) is 24.1. The first-order valence-electron chi connectivity index (χ1n) is 9.88. The minimum Gasteiger partial charge on any atom is -0.461 e. The summed E-state index contributed by atoms with van der Waals surface area (Å²) in [5.74, 6) is 0.326. The number of ether oxygens (including phenoxy) is 1. The number of nitrogens with one attached hydrogen (secondary N) is 1. The van der Waals surface area contributed by atoms with Gasteiger partial charge in [0, 0.05) is 31.8 Å². The second-order valence-corrected chi connectivity index (χ2v) is 9.30. The number of amides is 1. The monoisotopic (exact) mass is 456 g/mol. The minimum absolute atomic E-state index is 0.0755. The highest BCUT2D eigenvalue weighted by Gasteiger charge is 2.17. The standard InChI is InChI=1S/C23H24N2O6S/c1-25(2)32(28,29)20-12-8-18(9-13-20)24-22(26)16-30-23(27)15-11-19-10-14-21(31-19)17-6-4-3-5-7-17/h3-10,12-14H,11,15-16H2,1-2H3,(H,24,26). The van der Waals surface area contributed by atoms with Crippen molar-refractivity contribution in [2.45, 2.75) is 17.7 Å². The number of anilines is 1. The Hall–Kier alpha value is -3.43. The van der Waals surface area contributed by atoms with Gasteiger partial charge >= 0.3 is 5.97 Å². The molecule has 0 radical (unpaired) electrons. The molecule has 0 aliphatic rings. The molecule has 2 aromatic carbocycles. The average molecular weight is 457 g/mol. The molecule has 0 fully saturated rings. The van der Waals surface area contributed by atoms with E-state index in [1.54, 1.807) is 0 Å². The van der Waals surface area contributed by atoms with Crippen LogP contribution in [0.4, 0.5) is 5.69 Å². The van der Waals surface area contributed by atoms with E-state index < -0.39 is 28.5 Å². The van der Waals surface area contributed by atoms with Crippen LogP contribution < -0.4 is 5.32 Å². The minimum atomic E-state index is -3.54. The third-order valence-electron chi connectivity index (χ3n) is 4.58. The Kier molecular flexibility index (Phi) is 7.45. The van der Waals surface area contributed by atoms with Crippen molar-refractivity contribution >= 4 is 27.6 Å². The molecule has 1 N–H and O–H groups in total. The Balaban J connectivity index is 1.43.